The average Bonchev–Trinajstić information content (AvgIpc) is 3.24. The van der Waals surface area contributed by atoms with Crippen molar-refractivity contribution in [2.24, 2.45) is 0 Å². The van der Waals surface area contributed by atoms with E-state index in [1.807, 2.05) is 36.4 Å². The molecule has 31 heavy (non-hydrogen) atoms. The molecule has 6 heteroatoms. The van der Waals surface area contributed by atoms with Crippen LogP contribution in [0.3, 0.4) is 0 Å². The molecule has 1 aliphatic rings. The number of carbonyl (C=O) groups excluding carboxylic acids is 1. The van der Waals surface area contributed by atoms with E-state index in [2.05, 4.69) is 6.07 Å². The molecule has 0 aliphatic carbocycles. The summed E-state index contributed by atoms with van der Waals surface area (Å²) in [5, 5.41) is 19.9. The molecule has 2 atom stereocenters. The number of amides is 1. The number of carboxylic acids is 1. The van der Waals surface area contributed by atoms with Crippen LogP contribution in [0.2, 0.25) is 5.02 Å². The topological polar surface area (TPSA) is 81.4 Å². The van der Waals surface area contributed by atoms with Gasteiger partial charge in [0.05, 0.1) is 23.2 Å². The van der Waals surface area contributed by atoms with Gasteiger partial charge in [0.25, 0.3) is 5.91 Å². The first-order chi connectivity index (χ1) is 15.0. The summed E-state index contributed by atoms with van der Waals surface area (Å²) in [6.07, 6.45) is 0.803. The fourth-order valence-electron chi connectivity index (χ4n) is 4.16. The minimum absolute atomic E-state index is 0.187. The van der Waals surface area contributed by atoms with E-state index < -0.39 is 24.0 Å². The maximum Gasteiger partial charge on any atom is 0.326 e. The summed E-state index contributed by atoms with van der Waals surface area (Å²) >= 11 is 6.36. The fourth-order valence-corrected chi connectivity index (χ4v) is 4.42. The Hall–Kier alpha value is -3.62. The highest BCUT2D eigenvalue weighted by atomic mass is 35.5. The lowest BCUT2D eigenvalue weighted by atomic mass is 9.98. The summed E-state index contributed by atoms with van der Waals surface area (Å²) in [6.45, 7) is 0. The molecule has 0 unspecified atom stereocenters. The van der Waals surface area contributed by atoms with Gasteiger partial charge in [-0.15, -0.1) is 0 Å². The van der Waals surface area contributed by atoms with Crippen molar-refractivity contribution in [3.05, 3.63) is 94.5 Å². The van der Waals surface area contributed by atoms with Gasteiger partial charge in [0.15, 0.2) is 0 Å². The van der Waals surface area contributed by atoms with Gasteiger partial charge in [-0.05, 0) is 47.7 Å². The molecule has 0 aromatic heterocycles. The molecule has 1 heterocycles. The summed E-state index contributed by atoms with van der Waals surface area (Å²) in [4.78, 5) is 26.8. The molecule has 1 aliphatic heterocycles. The SMILES string of the molecule is N#Cc1cc(-c2ccccc2)ccc1C(=O)N1[C@@H](c2ccccc2Cl)CC[C@H]1C(=O)O. The number of carbonyl (C=O) groups is 2. The van der Waals surface area contributed by atoms with Crippen molar-refractivity contribution in [2.45, 2.75) is 24.9 Å². The number of hydrogen-bond acceptors (Lipinski definition) is 3. The lowest BCUT2D eigenvalue weighted by Gasteiger charge is -2.29. The maximum absolute atomic E-state index is 13.6. The lowest BCUT2D eigenvalue weighted by molar-refractivity contribution is -0.141. The van der Waals surface area contributed by atoms with E-state index in [1.165, 1.54) is 4.90 Å². The van der Waals surface area contributed by atoms with E-state index in [1.54, 1.807) is 36.4 Å². The molecule has 3 aromatic rings. The summed E-state index contributed by atoms with van der Waals surface area (Å²) in [5.41, 5.74) is 2.84. The Labute approximate surface area is 185 Å². The number of likely N-dealkylation sites (tertiary alicyclic amines) is 1. The number of nitrogens with zero attached hydrogens (tertiary/aromatic N) is 2. The highest BCUT2D eigenvalue weighted by molar-refractivity contribution is 6.31. The van der Waals surface area contributed by atoms with Crippen LogP contribution >= 0.6 is 11.6 Å². The third-order valence-electron chi connectivity index (χ3n) is 5.65. The van der Waals surface area contributed by atoms with Gasteiger partial charge in [-0.3, -0.25) is 4.79 Å². The van der Waals surface area contributed by atoms with Crippen LogP contribution in [0.25, 0.3) is 11.1 Å². The van der Waals surface area contributed by atoms with Gasteiger partial charge in [0.2, 0.25) is 0 Å². The molecule has 0 spiro atoms. The second-order valence-electron chi connectivity index (χ2n) is 7.42. The fraction of sp³-hybridized carbons (Fsp3) is 0.160. The first kappa shape index (κ1) is 20.6. The number of aliphatic carboxylic acids is 1. The molecule has 1 N–H and O–H groups in total. The van der Waals surface area contributed by atoms with Gasteiger partial charge in [0.1, 0.15) is 6.04 Å². The molecule has 1 fully saturated rings. The summed E-state index contributed by atoms with van der Waals surface area (Å²) in [6, 6.07) is 22.4. The Balaban J connectivity index is 1.76. The van der Waals surface area contributed by atoms with Gasteiger partial charge in [-0.1, -0.05) is 66.2 Å². The van der Waals surface area contributed by atoms with Crippen molar-refractivity contribution in [1.82, 2.24) is 4.90 Å². The van der Waals surface area contributed by atoms with Crippen LogP contribution in [0.4, 0.5) is 0 Å². The first-order valence-corrected chi connectivity index (χ1v) is 10.3. The van der Waals surface area contributed by atoms with Crippen molar-refractivity contribution >= 4 is 23.5 Å². The van der Waals surface area contributed by atoms with E-state index in [0.717, 1.165) is 11.1 Å². The molecule has 0 bridgehead atoms. The molecule has 3 aromatic carbocycles. The van der Waals surface area contributed by atoms with Crippen molar-refractivity contribution < 1.29 is 14.7 Å². The largest absolute Gasteiger partial charge is 0.480 e. The van der Waals surface area contributed by atoms with Gasteiger partial charge in [0, 0.05) is 5.02 Å². The molecular formula is C25H19ClN2O3. The average molecular weight is 431 g/mol. The van der Waals surface area contributed by atoms with Crippen LogP contribution in [0.15, 0.2) is 72.8 Å². The number of benzene rings is 3. The highest BCUT2D eigenvalue weighted by Gasteiger charge is 2.43. The molecule has 0 saturated carbocycles. The predicted octanol–water partition coefficient (Wildman–Crippen LogP) is 5.31. The molecule has 5 nitrogen and oxygen atoms in total. The molecule has 1 saturated heterocycles. The normalized spacial score (nSPS) is 17.9. The standard InChI is InChI=1S/C25H19ClN2O3/c26-21-9-5-4-8-20(21)22-12-13-23(25(30)31)28(22)24(29)19-11-10-17(14-18(19)15-27)16-6-2-1-3-7-16/h1-11,14,22-23H,12-13H2,(H,30,31)/t22-,23+/m1/s1. The zero-order valence-corrected chi connectivity index (χ0v) is 17.3. The van der Waals surface area contributed by atoms with Crippen LogP contribution in [-0.2, 0) is 4.79 Å². The molecular weight excluding hydrogens is 412 g/mol. The van der Waals surface area contributed by atoms with Crippen LogP contribution in [0.5, 0.6) is 0 Å². The summed E-state index contributed by atoms with van der Waals surface area (Å²) < 4.78 is 0. The lowest BCUT2D eigenvalue weighted by Crippen LogP contribution is -2.42. The second-order valence-corrected chi connectivity index (χ2v) is 7.83. The molecule has 1 amide bonds. The molecule has 154 valence electrons. The summed E-state index contributed by atoms with van der Waals surface area (Å²) in [7, 11) is 0. The summed E-state index contributed by atoms with van der Waals surface area (Å²) in [5.74, 6) is -1.55. The zero-order chi connectivity index (χ0) is 22.0. The Morgan fingerprint density at radius 3 is 2.35 bits per heavy atom. The van der Waals surface area contributed by atoms with Crippen LogP contribution < -0.4 is 0 Å². The number of halogens is 1. The predicted molar refractivity (Wildman–Crippen MR) is 118 cm³/mol. The van der Waals surface area contributed by atoms with Crippen LogP contribution in [0, 0.1) is 11.3 Å². The Kier molecular flexibility index (Phi) is 5.75. The third kappa shape index (κ3) is 3.90. The molecule has 4 rings (SSSR count). The second kappa shape index (κ2) is 8.63. The minimum atomic E-state index is -1.07. The Bertz CT molecular complexity index is 1190. The minimum Gasteiger partial charge on any atom is -0.480 e. The van der Waals surface area contributed by atoms with Crippen LogP contribution in [0.1, 0.15) is 40.4 Å². The van der Waals surface area contributed by atoms with Gasteiger partial charge < -0.3 is 10.0 Å². The number of hydrogen-bond donors (Lipinski definition) is 1. The quantitative estimate of drug-likeness (QED) is 0.608. The Morgan fingerprint density at radius 2 is 1.68 bits per heavy atom. The van der Waals surface area contributed by atoms with Crippen LogP contribution in [-0.4, -0.2) is 27.9 Å². The molecule has 0 radical (unpaired) electrons. The Morgan fingerprint density at radius 1 is 0.968 bits per heavy atom. The van der Waals surface area contributed by atoms with Gasteiger partial charge >= 0.3 is 5.97 Å². The zero-order valence-electron chi connectivity index (χ0n) is 16.5. The van der Waals surface area contributed by atoms with E-state index in [9.17, 15) is 20.0 Å². The van der Waals surface area contributed by atoms with Crippen molar-refractivity contribution in [3.8, 4) is 17.2 Å². The van der Waals surface area contributed by atoms with Gasteiger partial charge in [-0.2, -0.15) is 5.26 Å². The number of rotatable bonds is 4. The highest BCUT2D eigenvalue weighted by Crippen LogP contribution is 2.40. The third-order valence-corrected chi connectivity index (χ3v) is 5.99. The van der Waals surface area contributed by atoms with Crippen molar-refractivity contribution in [1.29, 1.82) is 5.26 Å². The van der Waals surface area contributed by atoms with E-state index in [4.69, 9.17) is 11.6 Å². The monoisotopic (exact) mass is 430 g/mol. The number of carboxylic acid groups (broad SMARTS) is 1. The smallest absolute Gasteiger partial charge is 0.326 e. The van der Waals surface area contributed by atoms with Crippen molar-refractivity contribution in [3.63, 3.8) is 0 Å². The maximum atomic E-state index is 13.6. The van der Waals surface area contributed by atoms with E-state index >= 15 is 0 Å². The van der Waals surface area contributed by atoms with Crippen molar-refractivity contribution in [2.75, 3.05) is 0 Å². The first-order valence-electron chi connectivity index (χ1n) is 9.90. The van der Waals surface area contributed by atoms with E-state index in [0.29, 0.717) is 23.4 Å². The van der Waals surface area contributed by atoms with Gasteiger partial charge in [-0.25, -0.2) is 4.79 Å². The number of nitriles is 1. The van der Waals surface area contributed by atoms with E-state index in [-0.39, 0.29) is 11.1 Å².